The van der Waals surface area contributed by atoms with Crippen LogP contribution in [0.15, 0.2) is 24.3 Å². The van der Waals surface area contributed by atoms with Crippen molar-refractivity contribution in [2.24, 2.45) is 5.73 Å². The minimum absolute atomic E-state index is 0.0627. The van der Waals surface area contributed by atoms with E-state index in [0.717, 1.165) is 11.8 Å². The molecule has 1 amide bonds. The van der Waals surface area contributed by atoms with Crippen molar-refractivity contribution in [2.45, 2.75) is 18.6 Å². The standard InChI is InChI=1S/C13H15F3N2OS/c14-13(15,16)10-4-2-1-3-9(10)7-11(17)12(19)18-5-6-20-8-18/h1-4,11H,5-8,17H2. The van der Waals surface area contributed by atoms with E-state index < -0.39 is 17.8 Å². The van der Waals surface area contributed by atoms with Crippen LogP contribution in [0.5, 0.6) is 0 Å². The first-order chi connectivity index (χ1) is 9.39. The molecular weight excluding hydrogens is 289 g/mol. The van der Waals surface area contributed by atoms with Crippen LogP contribution in [0, 0.1) is 0 Å². The van der Waals surface area contributed by atoms with E-state index in [2.05, 4.69) is 0 Å². The number of alkyl halides is 3. The first-order valence-corrected chi connectivity index (χ1v) is 7.32. The zero-order chi connectivity index (χ0) is 14.8. The van der Waals surface area contributed by atoms with Gasteiger partial charge >= 0.3 is 6.18 Å². The number of halogens is 3. The number of carbonyl (C=O) groups is 1. The highest BCUT2D eigenvalue weighted by molar-refractivity contribution is 7.99. The fraction of sp³-hybridized carbons (Fsp3) is 0.462. The third-order valence-electron chi connectivity index (χ3n) is 3.14. The number of rotatable bonds is 3. The van der Waals surface area contributed by atoms with Gasteiger partial charge in [-0.1, -0.05) is 18.2 Å². The number of nitrogens with two attached hydrogens (primary N) is 1. The van der Waals surface area contributed by atoms with Gasteiger partial charge < -0.3 is 10.6 Å². The zero-order valence-corrected chi connectivity index (χ0v) is 11.5. The predicted octanol–water partition coefficient (Wildman–Crippen LogP) is 2.11. The highest BCUT2D eigenvalue weighted by atomic mass is 32.2. The van der Waals surface area contributed by atoms with Gasteiger partial charge in [-0.3, -0.25) is 4.79 Å². The monoisotopic (exact) mass is 304 g/mol. The minimum atomic E-state index is -4.43. The summed E-state index contributed by atoms with van der Waals surface area (Å²) in [6, 6.07) is 4.30. The summed E-state index contributed by atoms with van der Waals surface area (Å²) >= 11 is 1.61. The number of carbonyl (C=O) groups excluding carboxylic acids is 1. The fourth-order valence-electron chi connectivity index (χ4n) is 2.12. The Morgan fingerprint density at radius 3 is 2.70 bits per heavy atom. The zero-order valence-electron chi connectivity index (χ0n) is 10.7. The van der Waals surface area contributed by atoms with Crippen LogP contribution in [0.1, 0.15) is 11.1 Å². The largest absolute Gasteiger partial charge is 0.416 e. The van der Waals surface area contributed by atoms with Gasteiger partial charge in [0.15, 0.2) is 0 Å². The molecule has 1 aromatic rings. The Morgan fingerprint density at radius 1 is 1.40 bits per heavy atom. The summed E-state index contributed by atoms with van der Waals surface area (Å²) in [5, 5.41) is 0. The van der Waals surface area contributed by atoms with E-state index >= 15 is 0 Å². The molecule has 20 heavy (non-hydrogen) atoms. The lowest BCUT2D eigenvalue weighted by molar-refractivity contribution is -0.138. The average molecular weight is 304 g/mol. The second kappa shape index (κ2) is 6.05. The maximum Gasteiger partial charge on any atom is 0.416 e. The minimum Gasteiger partial charge on any atom is -0.331 e. The van der Waals surface area contributed by atoms with Crippen LogP contribution in [0.25, 0.3) is 0 Å². The van der Waals surface area contributed by atoms with Crippen LogP contribution in [0.4, 0.5) is 13.2 Å². The van der Waals surface area contributed by atoms with Crippen LogP contribution < -0.4 is 5.73 Å². The first kappa shape index (κ1) is 15.2. The molecule has 1 atom stereocenters. The molecule has 0 aromatic heterocycles. The van der Waals surface area contributed by atoms with Crippen molar-refractivity contribution in [3.05, 3.63) is 35.4 Å². The quantitative estimate of drug-likeness (QED) is 0.930. The van der Waals surface area contributed by atoms with Crippen molar-refractivity contribution < 1.29 is 18.0 Å². The number of hydrogen-bond donors (Lipinski definition) is 1. The van der Waals surface area contributed by atoms with E-state index in [1.165, 1.54) is 18.2 Å². The van der Waals surface area contributed by atoms with E-state index in [-0.39, 0.29) is 17.9 Å². The Balaban J connectivity index is 2.11. The van der Waals surface area contributed by atoms with Gasteiger partial charge in [-0.2, -0.15) is 13.2 Å². The number of thioether (sulfide) groups is 1. The van der Waals surface area contributed by atoms with E-state index in [9.17, 15) is 18.0 Å². The van der Waals surface area contributed by atoms with Crippen molar-refractivity contribution in [2.75, 3.05) is 18.2 Å². The summed E-state index contributed by atoms with van der Waals surface area (Å²) < 4.78 is 38.6. The molecule has 7 heteroatoms. The molecule has 1 saturated heterocycles. The molecule has 1 unspecified atom stereocenters. The number of nitrogens with zero attached hydrogens (tertiary/aromatic N) is 1. The Hall–Kier alpha value is -1.21. The summed E-state index contributed by atoms with van der Waals surface area (Å²) in [5.41, 5.74) is 5.11. The van der Waals surface area contributed by atoms with Crippen LogP contribution in [-0.4, -0.2) is 35.0 Å². The van der Waals surface area contributed by atoms with Crippen molar-refractivity contribution in [1.29, 1.82) is 0 Å². The topological polar surface area (TPSA) is 46.3 Å². The van der Waals surface area contributed by atoms with Crippen molar-refractivity contribution in [3.8, 4) is 0 Å². The molecule has 2 rings (SSSR count). The third-order valence-corrected chi connectivity index (χ3v) is 4.11. The molecule has 1 fully saturated rings. The van der Waals surface area contributed by atoms with E-state index in [0.29, 0.717) is 12.4 Å². The second-order valence-corrected chi connectivity index (χ2v) is 5.68. The molecule has 0 spiro atoms. The van der Waals surface area contributed by atoms with Crippen molar-refractivity contribution >= 4 is 17.7 Å². The third kappa shape index (κ3) is 3.46. The summed E-state index contributed by atoms with van der Waals surface area (Å²) in [5.74, 6) is 1.12. The second-order valence-electron chi connectivity index (χ2n) is 4.60. The van der Waals surface area contributed by atoms with Crippen LogP contribution in [-0.2, 0) is 17.4 Å². The SMILES string of the molecule is NC(Cc1ccccc1C(F)(F)F)C(=O)N1CCSC1. The smallest absolute Gasteiger partial charge is 0.331 e. The molecule has 3 nitrogen and oxygen atoms in total. The first-order valence-electron chi connectivity index (χ1n) is 6.17. The van der Waals surface area contributed by atoms with Gasteiger partial charge in [0.1, 0.15) is 0 Å². The lowest BCUT2D eigenvalue weighted by Crippen LogP contribution is -2.43. The number of benzene rings is 1. The Labute approximate surface area is 119 Å². The fourth-order valence-corrected chi connectivity index (χ4v) is 3.08. The molecule has 0 radical (unpaired) electrons. The summed E-state index contributed by atoms with van der Waals surface area (Å²) in [7, 11) is 0. The predicted molar refractivity (Wildman–Crippen MR) is 72.2 cm³/mol. The van der Waals surface area contributed by atoms with Gasteiger partial charge in [-0.25, -0.2) is 0 Å². The molecule has 1 aliphatic heterocycles. The maximum absolute atomic E-state index is 12.9. The molecule has 1 aliphatic rings. The Kier molecular flexibility index (Phi) is 4.59. The van der Waals surface area contributed by atoms with E-state index in [1.54, 1.807) is 16.7 Å². The lowest BCUT2D eigenvalue weighted by atomic mass is 9.99. The molecule has 2 N–H and O–H groups in total. The van der Waals surface area contributed by atoms with Gasteiger partial charge in [0.05, 0.1) is 17.5 Å². The molecular formula is C13H15F3N2OS. The number of hydrogen-bond acceptors (Lipinski definition) is 3. The van der Waals surface area contributed by atoms with Gasteiger partial charge in [0.25, 0.3) is 0 Å². The Bertz CT molecular complexity index is 487. The van der Waals surface area contributed by atoms with Crippen LogP contribution in [0.3, 0.4) is 0 Å². The highest BCUT2D eigenvalue weighted by Crippen LogP contribution is 2.32. The van der Waals surface area contributed by atoms with E-state index in [1.807, 2.05) is 0 Å². The summed E-state index contributed by atoms with van der Waals surface area (Å²) in [6.45, 7) is 0.609. The normalized spacial score (nSPS) is 17.3. The Morgan fingerprint density at radius 2 is 2.10 bits per heavy atom. The highest BCUT2D eigenvalue weighted by Gasteiger charge is 2.34. The van der Waals surface area contributed by atoms with Crippen LogP contribution in [0.2, 0.25) is 0 Å². The van der Waals surface area contributed by atoms with E-state index in [4.69, 9.17) is 5.73 Å². The van der Waals surface area contributed by atoms with Crippen LogP contribution >= 0.6 is 11.8 Å². The molecule has 0 aliphatic carbocycles. The van der Waals surface area contributed by atoms with Gasteiger partial charge in [-0.15, -0.1) is 11.8 Å². The molecule has 1 heterocycles. The maximum atomic E-state index is 12.9. The molecule has 1 aromatic carbocycles. The molecule has 0 bridgehead atoms. The lowest BCUT2D eigenvalue weighted by Gasteiger charge is -2.21. The van der Waals surface area contributed by atoms with Gasteiger partial charge in [0, 0.05) is 12.3 Å². The molecule has 110 valence electrons. The summed E-state index contributed by atoms with van der Waals surface area (Å²) in [6.07, 6.45) is -4.53. The van der Waals surface area contributed by atoms with Gasteiger partial charge in [0.2, 0.25) is 5.91 Å². The summed E-state index contributed by atoms with van der Waals surface area (Å²) in [4.78, 5) is 13.6. The van der Waals surface area contributed by atoms with Crippen molar-refractivity contribution in [1.82, 2.24) is 4.90 Å². The average Bonchev–Trinajstić information content (AvgIpc) is 2.91. The van der Waals surface area contributed by atoms with Gasteiger partial charge in [-0.05, 0) is 18.1 Å². The molecule has 0 saturated carbocycles. The number of amides is 1. The van der Waals surface area contributed by atoms with Crippen molar-refractivity contribution in [3.63, 3.8) is 0 Å².